The van der Waals surface area contributed by atoms with E-state index < -0.39 is 6.10 Å². The zero-order chi connectivity index (χ0) is 15.5. The van der Waals surface area contributed by atoms with Gasteiger partial charge in [-0.15, -0.1) is 11.8 Å². The van der Waals surface area contributed by atoms with E-state index >= 15 is 0 Å². The zero-order valence-corrected chi connectivity index (χ0v) is 12.7. The standard InChI is InChI=1S/C17H16FNO2S/c18-14-8-6-13(7-9-14)17-19(16(21)11-22-17)10-15(20)12-4-2-1-3-5-12/h1-9,15,17,20H,10-11H2/t15-,17-/m0/s1. The third-order valence-electron chi connectivity index (χ3n) is 3.68. The molecule has 2 aromatic carbocycles. The van der Waals surface area contributed by atoms with Crippen LogP contribution in [0.3, 0.4) is 0 Å². The molecule has 0 bridgehead atoms. The van der Waals surface area contributed by atoms with E-state index in [0.29, 0.717) is 5.75 Å². The maximum absolute atomic E-state index is 13.1. The summed E-state index contributed by atoms with van der Waals surface area (Å²) in [5, 5.41) is 10.2. The van der Waals surface area contributed by atoms with Gasteiger partial charge in [0.05, 0.1) is 18.4 Å². The molecule has 1 fully saturated rings. The Kier molecular flexibility index (Phi) is 4.45. The number of nitrogens with zero attached hydrogens (tertiary/aromatic N) is 1. The molecule has 0 unspecified atom stereocenters. The highest BCUT2D eigenvalue weighted by atomic mass is 32.2. The fourth-order valence-electron chi connectivity index (χ4n) is 2.52. The number of carbonyl (C=O) groups is 1. The molecule has 3 rings (SSSR count). The molecule has 1 N–H and O–H groups in total. The number of hydrogen-bond donors (Lipinski definition) is 1. The van der Waals surface area contributed by atoms with Crippen LogP contribution in [0.4, 0.5) is 4.39 Å². The van der Waals surface area contributed by atoms with Crippen molar-refractivity contribution < 1.29 is 14.3 Å². The molecule has 1 amide bonds. The summed E-state index contributed by atoms with van der Waals surface area (Å²) in [7, 11) is 0. The molecule has 2 atom stereocenters. The van der Waals surface area contributed by atoms with Gasteiger partial charge >= 0.3 is 0 Å². The Balaban J connectivity index is 1.78. The Morgan fingerprint density at radius 2 is 1.86 bits per heavy atom. The van der Waals surface area contributed by atoms with Crippen molar-refractivity contribution in [3.63, 3.8) is 0 Å². The van der Waals surface area contributed by atoms with E-state index in [9.17, 15) is 14.3 Å². The summed E-state index contributed by atoms with van der Waals surface area (Å²) in [5.41, 5.74) is 1.66. The van der Waals surface area contributed by atoms with Gasteiger partial charge in [0.25, 0.3) is 0 Å². The van der Waals surface area contributed by atoms with Crippen LogP contribution in [0.15, 0.2) is 54.6 Å². The van der Waals surface area contributed by atoms with Crippen LogP contribution in [0.2, 0.25) is 0 Å². The van der Waals surface area contributed by atoms with Crippen LogP contribution in [0.25, 0.3) is 0 Å². The van der Waals surface area contributed by atoms with Crippen LogP contribution < -0.4 is 0 Å². The van der Waals surface area contributed by atoms with Crippen LogP contribution >= 0.6 is 11.8 Å². The van der Waals surface area contributed by atoms with Gasteiger partial charge in [-0.05, 0) is 23.3 Å². The van der Waals surface area contributed by atoms with E-state index in [0.717, 1.165) is 11.1 Å². The minimum Gasteiger partial charge on any atom is -0.387 e. The predicted octanol–water partition coefficient (Wildman–Crippen LogP) is 3.13. The Morgan fingerprint density at radius 3 is 2.55 bits per heavy atom. The lowest BCUT2D eigenvalue weighted by molar-refractivity contribution is -0.129. The molecule has 0 spiro atoms. The molecular formula is C17H16FNO2S. The van der Waals surface area contributed by atoms with Crippen molar-refractivity contribution >= 4 is 17.7 Å². The van der Waals surface area contributed by atoms with Gasteiger partial charge in [-0.3, -0.25) is 4.79 Å². The van der Waals surface area contributed by atoms with Crippen molar-refractivity contribution in [1.82, 2.24) is 4.90 Å². The number of halogens is 1. The molecule has 5 heteroatoms. The van der Waals surface area contributed by atoms with Crippen LogP contribution in [-0.4, -0.2) is 28.2 Å². The first-order valence-electron chi connectivity index (χ1n) is 7.04. The topological polar surface area (TPSA) is 40.5 Å². The fraction of sp³-hybridized carbons (Fsp3) is 0.235. The maximum atomic E-state index is 13.1. The predicted molar refractivity (Wildman–Crippen MR) is 84.7 cm³/mol. The molecule has 2 aromatic rings. The maximum Gasteiger partial charge on any atom is 0.233 e. The van der Waals surface area contributed by atoms with Crippen molar-refractivity contribution in [3.8, 4) is 0 Å². The molecular weight excluding hydrogens is 301 g/mol. The highest BCUT2D eigenvalue weighted by molar-refractivity contribution is 8.00. The van der Waals surface area contributed by atoms with Crippen molar-refractivity contribution in [1.29, 1.82) is 0 Å². The molecule has 1 aliphatic heterocycles. The van der Waals surface area contributed by atoms with Crippen molar-refractivity contribution in [2.75, 3.05) is 12.3 Å². The van der Waals surface area contributed by atoms with Gasteiger partial charge in [-0.25, -0.2) is 4.39 Å². The first kappa shape index (κ1) is 15.1. The number of thioether (sulfide) groups is 1. The molecule has 114 valence electrons. The number of aliphatic hydroxyl groups is 1. The van der Waals surface area contributed by atoms with E-state index in [-0.39, 0.29) is 23.6 Å². The molecule has 22 heavy (non-hydrogen) atoms. The van der Waals surface area contributed by atoms with Gasteiger partial charge in [0.2, 0.25) is 5.91 Å². The molecule has 0 saturated carbocycles. The zero-order valence-electron chi connectivity index (χ0n) is 11.9. The summed E-state index contributed by atoms with van der Waals surface area (Å²) in [6.45, 7) is 0.234. The van der Waals surface area contributed by atoms with Gasteiger partial charge in [0.1, 0.15) is 11.2 Å². The first-order valence-corrected chi connectivity index (χ1v) is 8.09. The molecule has 0 aromatic heterocycles. The molecule has 1 saturated heterocycles. The van der Waals surface area contributed by atoms with Crippen LogP contribution in [0.5, 0.6) is 0 Å². The summed E-state index contributed by atoms with van der Waals surface area (Å²) >= 11 is 1.50. The number of aliphatic hydroxyl groups excluding tert-OH is 1. The van der Waals surface area contributed by atoms with Crippen LogP contribution in [0, 0.1) is 5.82 Å². The fourth-order valence-corrected chi connectivity index (χ4v) is 3.72. The van der Waals surface area contributed by atoms with E-state index in [2.05, 4.69) is 0 Å². The minimum atomic E-state index is -0.730. The average molecular weight is 317 g/mol. The van der Waals surface area contributed by atoms with E-state index in [1.54, 1.807) is 17.0 Å². The number of amides is 1. The van der Waals surface area contributed by atoms with Crippen molar-refractivity contribution in [2.45, 2.75) is 11.5 Å². The monoisotopic (exact) mass is 317 g/mol. The van der Waals surface area contributed by atoms with Gasteiger partial charge in [-0.2, -0.15) is 0 Å². The normalized spacial score (nSPS) is 19.5. The summed E-state index contributed by atoms with van der Waals surface area (Å²) < 4.78 is 13.1. The van der Waals surface area contributed by atoms with Crippen LogP contribution in [0.1, 0.15) is 22.6 Å². The lowest BCUT2D eigenvalue weighted by Gasteiger charge is -2.26. The number of hydrogen-bond acceptors (Lipinski definition) is 3. The third kappa shape index (κ3) is 3.15. The number of rotatable bonds is 4. The lowest BCUT2D eigenvalue weighted by Crippen LogP contribution is -2.32. The van der Waals surface area contributed by atoms with Gasteiger partial charge in [0.15, 0.2) is 0 Å². The second-order valence-corrected chi connectivity index (χ2v) is 6.26. The van der Waals surface area contributed by atoms with E-state index in [1.165, 1.54) is 23.9 Å². The number of benzene rings is 2. The summed E-state index contributed by atoms with van der Waals surface area (Å²) in [6.07, 6.45) is -0.730. The summed E-state index contributed by atoms with van der Waals surface area (Å²) in [6, 6.07) is 15.4. The Labute approximate surface area is 132 Å². The van der Waals surface area contributed by atoms with Crippen molar-refractivity contribution in [2.24, 2.45) is 0 Å². The lowest BCUT2D eigenvalue weighted by atomic mass is 10.1. The highest BCUT2D eigenvalue weighted by Crippen LogP contribution is 2.39. The smallest absolute Gasteiger partial charge is 0.233 e. The molecule has 1 heterocycles. The van der Waals surface area contributed by atoms with Gasteiger partial charge in [0, 0.05) is 0 Å². The van der Waals surface area contributed by atoms with Gasteiger partial charge in [-0.1, -0.05) is 42.5 Å². The SMILES string of the molecule is O=C1CS[C@@H](c2ccc(F)cc2)N1C[C@H](O)c1ccccc1. The summed E-state index contributed by atoms with van der Waals surface area (Å²) in [4.78, 5) is 13.8. The third-order valence-corrected chi connectivity index (χ3v) is 4.93. The minimum absolute atomic E-state index is 0.00527. The first-order chi connectivity index (χ1) is 10.6. The van der Waals surface area contributed by atoms with Crippen LogP contribution in [-0.2, 0) is 4.79 Å². The second kappa shape index (κ2) is 6.50. The van der Waals surface area contributed by atoms with Crippen molar-refractivity contribution in [3.05, 3.63) is 71.5 Å². The summed E-state index contributed by atoms with van der Waals surface area (Å²) in [5.74, 6) is 0.0760. The Bertz CT molecular complexity index is 647. The highest BCUT2D eigenvalue weighted by Gasteiger charge is 2.34. The largest absolute Gasteiger partial charge is 0.387 e. The Morgan fingerprint density at radius 1 is 1.18 bits per heavy atom. The van der Waals surface area contributed by atoms with E-state index in [4.69, 9.17) is 0 Å². The second-order valence-electron chi connectivity index (χ2n) is 5.19. The molecule has 0 radical (unpaired) electrons. The average Bonchev–Trinajstić information content (AvgIpc) is 2.90. The van der Waals surface area contributed by atoms with Gasteiger partial charge < -0.3 is 10.0 Å². The number of carbonyl (C=O) groups excluding carboxylic acids is 1. The Hall–Kier alpha value is -1.85. The van der Waals surface area contributed by atoms with E-state index in [1.807, 2.05) is 30.3 Å². The quantitative estimate of drug-likeness (QED) is 0.942. The molecule has 1 aliphatic rings. The molecule has 3 nitrogen and oxygen atoms in total. The molecule has 0 aliphatic carbocycles. The number of β-amino-alcohol motifs (C(OH)–C–C–N with tert-alkyl or cyclic N) is 1.